The second-order valence-corrected chi connectivity index (χ2v) is 12.3. The first-order chi connectivity index (χ1) is 17.5. The van der Waals surface area contributed by atoms with Crippen molar-refractivity contribution in [3.63, 3.8) is 0 Å². The topological polar surface area (TPSA) is 104 Å². The van der Waals surface area contributed by atoms with E-state index in [0.717, 1.165) is 11.1 Å². The highest BCUT2D eigenvalue weighted by atomic mass is 32.2. The van der Waals surface area contributed by atoms with Crippen molar-refractivity contribution in [2.24, 2.45) is 5.92 Å². The van der Waals surface area contributed by atoms with Gasteiger partial charge in [-0.3, -0.25) is 14.4 Å². The van der Waals surface area contributed by atoms with Crippen molar-refractivity contribution in [3.05, 3.63) is 35.4 Å². The number of likely N-dealkylation sites (tertiary alicyclic amines) is 1. The monoisotopic (exact) mass is 537 g/mol. The molecule has 1 saturated heterocycles. The Labute approximate surface area is 222 Å². The predicted octanol–water partition coefficient (Wildman–Crippen LogP) is 2.97. The highest BCUT2D eigenvalue weighted by Crippen LogP contribution is 2.22. The van der Waals surface area contributed by atoms with Crippen LogP contribution >= 0.6 is 0 Å². The van der Waals surface area contributed by atoms with Crippen molar-refractivity contribution < 1.29 is 27.5 Å². The summed E-state index contributed by atoms with van der Waals surface area (Å²) in [6.07, 6.45) is 1.34. The summed E-state index contributed by atoms with van der Waals surface area (Å²) in [4.78, 5) is 41.3. The van der Waals surface area contributed by atoms with Crippen LogP contribution in [0.5, 0.6) is 0 Å². The second-order valence-electron chi connectivity index (χ2n) is 10.0. The molecule has 2 amide bonds. The Morgan fingerprint density at radius 1 is 1.05 bits per heavy atom. The van der Waals surface area contributed by atoms with Crippen molar-refractivity contribution in [1.29, 1.82) is 0 Å². The third kappa shape index (κ3) is 9.74. The Bertz CT molecular complexity index is 1000. The van der Waals surface area contributed by atoms with Gasteiger partial charge in [-0.1, -0.05) is 43.7 Å². The number of carbonyl (C=O) groups excluding carboxylic acids is 3. The lowest BCUT2D eigenvalue weighted by molar-refractivity contribution is -0.146. The summed E-state index contributed by atoms with van der Waals surface area (Å²) in [7, 11) is -3.54. The number of aryl methyl sites for hydroxylation is 1. The van der Waals surface area contributed by atoms with Crippen LogP contribution in [0, 0.1) is 12.8 Å². The number of ether oxygens (including phenoxy) is 1. The van der Waals surface area contributed by atoms with Gasteiger partial charge in [0.25, 0.3) is 0 Å². The highest BCUT2D eigenvalue weighted by molar-refractivity contribution is 7.89. The first-order valence-corrected chi connectivity index (χ1v) is 14.8. The Kier molecular flexibility index (Phi) is 12.0. The van der Waals surface area contributed by atoms with Crippen LogP contribution in [0.2, 0.25) is 0 Å². The molecule has 0 aromatic heterocycles. The summed E-state index contributed by atoms with van der Waals surface area (Å²) in [6, 6.07) is 7.84. The minimum Gasteiger partial charge on any atom is -0.466 e. The highest BCUT2D eigenvalue weighted by Gasteiger charge is 2.32. The Hall–Kier alpha value is -2.46. The van der Waals surface area contributed by atoms with Crippen LogP contribution in [-0.4, -0.2) is 84.9 Å². The smallest absolute Gasteiger partial charge is 0.306 e. The Balaban J connectivity index is 2.14. The Morgan fingerprint density at radius 2 is 1.68 bits per heavy atom. The molecule has 1 heterocycles. The lowest BCUT2D eigenvalue weighted by Gasteiger charge is -2.39. The molecule has 1 aliphatic rings. The molecule has 1 aliphatic heterocycles. The van der Waals surface area contributed by atoms with E-state index in [0.29, 0.717) is 32.5 Å². The Morgan fingerprint density at radius 3 is 2.22 bits per heavy atom. The summed E-state index contributed by atoms with van der Waals surface area (Å²) in [5, 5.41) is 0. The number of carbonyl (C=O) groups is 3. The van der Waals surface area contributed by atoms with Crippen molar-refractivity contribution in [2.75, 3.05) is 38.5 Å². The van der Waals surface area contributed by atoms with Crippen LogP contribution < -0.4 is 0 Å². The summed E-state index contributed by atoms with van der Waals surface area (Å²) in [6.45, 7) is 10.9. The van der Waals surface area contributed by atoms with Gasteiger partial charge in [0.15, 0.2) is 0 Å². The summed E-state index contributed by atoms with van der Waals surface area (Å²) in [5.41, 5.74) is 2.09. The van der Waals surface area contributed by atoms with Crippen LogP contribution in [-0.2, 0) is 35.7 Å². The molecule has 2 rings (SSSR count). The maximum atomic E-state index is 13.6. The molecule has 1 aromatic carbocycles. The van der Waals surface area contributed by atoms with E-state index < -0.39 is 10.0 Å². The minimum absolute atomic E-state index is 0.0578. The normalized spacial score (nSPS) is 14.7. The van der Waals surface area contributed by atoms with Gasteiger partial charge in [0.05, 0.1) is 25.3 Å². The van der Waals surface area contributed by atoms with Crippen LogP contribution in [0.3, 0.4) is 0 Å². The van der Waals surface area contributed by atoms with Gasteiger partial charge >= 0.3 is 5.97 Å². The molecule has 208 valence electrons. The van der Waals surface area contributed by atoms with Gasteiger partial charge in [-0.25, -0.2) is 8.42 Å². The van der Waals surface area contributed by atoms with E-state index in [2.05, 4.69) is 0 Å². The van der Waals surface area contributed by atoms with Crippen molar-refractivity contribution in [2.45, 2.75) is 72.9 Å². The molecule has 0 bridgehead atoms. The number of hydrogen-bond donors (Lipinski definition) is 0. The summed E-state index contributed by atoms with van der Waals surface area (Å²) < 4.78 is 31.6. The number of amides is 2. The summed E-state index contributed by atoms with van der Waals surface area (Å²) in [5.74, 6) is -0.681. The van der Waals surface area contributed by atoms with Gasteiger partial charge < -0.3 is 14.5 Å². The molecule has 37 heavy (non-hydrogen) atoms. The van der Waals surface area contributed by atoms with Gasteiger partial charge in [-0.2, -0.15) is 4.31 Å². The molecule has 1 fully saturated rings. The van der Waals surface area contributed by atoms with Gasteiger partial charge in [0.2, 0.25) is 21.8 Å². The molecule has 9 nitrogen and oxygen atoms in total. The summed E-state index contributed by atoms with van der Waals surface area (Å²) >= 11 is 0. The fourth-order valence-corrected chi connectivity index (χ4v) is 5.64. The van der Waals surface area contributed by atoms with E-state index in [4.69, 9.17) is 4.74 Å². The number of hydrogen-bond acceptors (Lipinski definition) is 6. The van der Waals surface area contributed by atoms with E-state index >= 15 is 0 Å². The number of sulfonamides is 1. The first kappa shape index (κ1) is 30.8. The molecule has 0 aliphatic carbocycles. The number of benzene rings is 1. The molecule has 0 spiro atoms. The maximum Gasteiger partial charge on any atom is 0.306 e. The molecule has 0 atom stereocenters. The maximum absolute atomic E-state index is 13.6. The number of piperidine rings is 1. The van der Waals surface area contributed by atoms with Gasteiger partial charge in [0, 0.05) is 38.6 Å². The molecular formula is C27H43N3O6S. The largest absolute Gasteiger partial charge is 0.466 e. The average Bonchev–Trinajstić information content (AvgIpc) is 2.86. The van der Waals surface area contributed by atoms with E-state index in [9.17, 15) is 22.8 Å². The molecule has 1 aromatic rings. The van der Waals surface area contributed by atoms with Crippen molar-refractivity contribution in [3.8, 4) is 0 Å². The number of nitrogens with zero attached hydrogens (tertiary/aromatic N) is 3. The van der Waals surface area contributed by atoms with Gasteiger partial charge in [-0.15, -0.1) is 0 Å². The zero-order chi connectivity index (χ0) is 27.6. The zero-order valence-electron chi connectivity index (χ0n) is 22.9. The lowest BCUT2D eigenvalue weighted by Crippen LogP contribution is -2.51. The number of rotatable bonds is 13. The van der Waals surface area contributed by atoms with Crippen molar-refractivity contribution in [1.82, 2.24) is 14.1 Å². The molecule has 0 unspecified atom stereocenters. The number of esters is 1. The van der Waals surface area contributed by atoms with Crippen LogP contribution in [0.1, 0.15) is 64.5 Å². The molecule has 0 N–H and O–H groups in total. The SMILES string of the molecule is CCOC(=O)CCC(=O)N1CCC(N(Cc2ccc(C)cc2)C(=O)CN(CC(C)C)S(=O)(=O)CC)CC1. The fourth-order valence-electron chi connectivity index (χ4n) is 4.45. The average molecular weight is 538 g/mol. The first-order valence-electron chi connectivity index (χ1n) is 13.2. The minimum atomic E-state index is -3.54. The quantitative estimate of drug-likeness (QED) is 0.358. The fraction of sp³-hybridized carbons (Fsp3) is 0.667. The van der Waals surface area contributed by atoms with Gasteiger partial charge in [0.1, 0.15) is 0 Å². The standard InChI is InChI=1S/C27H43N3O6S/c1-6-36-27(33)13-12-25(31)28-16-14-24(15-17-28)30(19-23-10-8-22(5)9-11-23)26(32)20-29(18-21(3)4)37(34,35)7-2/h8-11,21,24H,6-7,12-20H2,1-5H3. The molecule has 0 saturated carbocycles. The second kappa shape index (κ2) is 14.5. The van der Waals surface area contributed by atoms with Crippen LogP contribution in [0.4, 0.5) is 0 Å². The lowest BCUT2D eigenvalue weighted by atomic mass is 10.0. The molecule has 10 heteroatoms. The van der Waals surface area contributed by atoms with Gasteiger partial charge in [-0.05, 0) is 45.1 Å². The van der Waals surface area contributed by atoms with Crippen LogP contribution in [0.15, 0.2) is 24.3 Å². The third-order valence-corrected chi connectivity index (χ3v) is 8.33. The van der Waals surface area contributed by atoms with E-state index in [1.165, 1.54) is 4.31 Å². The van der Waals surface area contributed by atoms with E-state index in [1.807, 2.05) is 45.0 Å². The molecular weight excluding hydrogens is 494 g/mol. The molecule has 0 radical (unpaired) electrons. The third-order valence-electron chi connectivity index (χ3n) is 6.54. The van der Waals surface area contributed by atoms with Crippen LogP contribution in [0.25, 0.3) is 0 Å². The predicted molar refractivity (Wildman–Crippen MR) is 143 cm³/mol. The zero-order valence-corrected chi connectivity index (χ0v) is 23.8. The van der Waals surface area contributed by atoms with Crippen molar-refractivity contribution >= 4 is 27.8 Å². The van der Waals surface area contributed by atoms with E-state index in [1.54, 1.807) is 23.6 Å². The van der Waals surface area contributed by atoms with E-state index in [-0.39, 0.29) is 68.0 Å².